The Morgan fingerprint density at radius 1 is 1.19 bits per heavy atom. The van der Waals surface area contributed by atoms with Gasteiger partial charge in [0, 0.05) is 24.3 Å². The second kappa shape index (κ2) is 6.48. The van der Waals surface area contributed by atoms with E-state index in [9.17, 15) is 4.79 Å². The van der Waals surface area contributed by atoms with Gasteiger partial charge in [-0.2, -0.15) is 0 Å². The number of nitrogens with one attached hydrogen (secondary N) is 2. The molecule has 0 unspecified atom stereocenters. The van der Waals surface area contributed by atoms with E-state index >= 15 is 0 Å². The Balaban J connectivity index is 1.67. The number of amides is 1. The number of anilines is 1. The second-order valence-electron chi connectivity index (χ2n) is 7.21. The summed E-state index contributed by atoms with van der Waals surface area (Å²) in [5.41, 5.74) is 6.18. The van der Waals surface area contributed by atoms with E-state index in [1.54, 1.807) is 0 Å². The van der Waals surface area contributed by atoms with Crippen molar-refractivity contribution in [3.05, 3.63) is 64.5 Å². The summed E-state index contributed by atoms with van der Waals surface area (Å²) in [5.74, 6) is 0.859. The Hall–Kier alpha value is -2.82. The van der Waals surface area contributed by atoms with E-state index in [1.807, 2.05) is 29.7 Å². The number of aryl methyl sites for hydroxylation is 3. The molecule has 1 saturated carbocycles. The number of imidazole rings is 1. The van der Waals surface area contributed by atoms with Gasteiger partial charge in [0.15, 0.2) is 0 Å². The van der Waals surface area contributed by atoms with Crippen molar-refractivity contribution in [2.45, 2.75) is 46.2 Å². The zero-order valence-electron chi connectivity index (χ0n) is 15.5. The highest BCUT2D eigenvalue weighted by molar-refractivity contribution is 5.96. The highest BCUT2D eigenvalue weighted by Gasteiger charge is 2.24. The average Bonchev–Trinajstić information content (AvgIpc) is 3.32. The Morgan fingerprint density at radius 3 is 2.62 bits per heavy atom. The van der Waals surface area contributed by atoms with E-state index in [2.05, 4.69) is 47.7 Å². The second-order valence-corrected chi connectivity index (χ2v) is 7.21. The van der Waals surface area contributed by atoms with E-state index < -0.39 is 0 Å². The first kappa shape index (κ1) is 16.6. The Labute approximate surface area is 153 Å². The molecule has 1 amide bonds. The molecule has 2 N–H and O–H groups in total. The van der Waals surface area contributed by atoms with Gasteiger partial charge in [0.25, 0.3) is 5.91 Å². The average molecular weight is 348 g/mol. The lowest BCUT2D eigenvalue weighted by Gasteiger charge is -2.14. The van der Waals surface area contributed by atoms with Gasteiger partial charge in [-0.15, -0.1) is 0 Å². The van der Waals surface area contributed by atoms with Crippen molar-refractivity contribution >= 4 is 17.4 Å². The summed E-state index contributed by atoms with van der Waals surface area (Å²) in [4.78, 5) is 17.0. The third kappa shape index (κ3) is 3.29. The maximum atomic E-state index is 12.5. The number of nitrogens with zero attached hydrogens (tertiary/aromatic N) is 2. The number of rotatable bonds is 5. The fraction of sp³-hybridized carbons (Fsp3) is 0.333. The third-order valence-corrected chi connectivity index (χ3v) is 4.96. The van der Waals surface area contributed by atoms with Gasteiger partial charge in [-0.25, -0.2) is 4.98 Å². The van der Waals surface area contributed by atoms with Crippen LogP contribution in [-0.2, 0) is 6.54 Å². The van der Waals surface area contributed by atoms with Crippen LogP contribution in [0.25, 0.3) is 5.65 Å². The summed E-state index contributed by atoms with van der Waals surface area (Å²) >= 11 is 0. The summed E-state index contributed by atoms with van der Waals surface area (Å²) in [6.07, 6.45) is 4.15. The summed E-state index contributed by atoms with van der Waals surface area (Å²) in [6.45, 7) is 6.92. The van der Waals surface area contributed by atoms with Gasteiger partial charge >= 0.3 is 0 Å². The molecule has 1 fully saturated rings. The minimum Gasteiger partial charge on any atom is -0.367 e. The minimum absolute atomic E-state index is 0.0224. The molecule has 0 radical (unpaired) electrons. The summed E-state index contributed by atoms with van der Waals surface area (Å²) < 4.78 is 2.01. The standard InChI is InChI=1S/C21H24N4O/c1-13-5-4-6-14(2)18(13)11-22-19-9-16(21(26)24-17-7-8-17)10-20-23-15(3)12-25(19)20/h4-6,9-10,12,17,22H,7-8,11H2,1-3H3,(H,24,26). The van der Waals surface area contributed by atoms with Crippen molar-refractivity contribution in [1.82, 2.24) is 14.7 Å². The molecule has 2 aromatic heterocycles. The summed E-state index contributed by atoms with van der Waals surface area (Å²) in [6, 6.07) is 10.4. The number of aromatic nitrogens is 2. The van der Waals surface area contributed by atoms with Crippen LogP contribution in [0.5, 0.6) is 0 Å². The lowest BCUT2D eigenvalue weighted by atomic mass is 10.0. The predicted octanol–water partition coefficient (Wildman–Crippen LogP) is 3.76. The maximum Gasteiger partial charge on any atom is 0.251 e. The Morgan fingerprint density at radius 2 is 1.92 bits per heavy atom. The van der Waals surface area contributed by atoms with Crippen LogP contribution in [0.1, 0.15) is 45.6 Å². The fourth-order valence-electron chi connectivity index (χ4n) is 3.28. The monoisotopic (exact) mass is 348 g/mol. The highest BCUT2D eigenvalue weighted by Crippen LogP contribution is 2.22. The number of pyridine rings is 1. The van der Waals surface area contributed by atoms with E-state index in [-0.39, 0.29) is 5.91 Å². The van der Waals surface area contributed by atoms with Gasteiger partial charge in [-0.3, -0.25) is 9.20 Å². The molecule has 0 spiro atoms. The van der Waals surface area contributed by atoms with Crippen LogP contribution >= 0.6 is 0 Å². The largest absolute Gasteiger partial charge is 0.367 e. The van der Waals surface area contributed by atoms with Crippen LogP contribution in [0.2, 0.25) is 0 Å². The van der Waals surface area contributed by atoms with Crippen LogP contribution < -0.4 is 10.6 Å². The predicted molar refractivity (Wildman–Crippen MR) is 104 cm³/mol. The van der Waals surface area contributed by atoms with Crippen LogP contribution in [0.3, 0.4) is 0 Å². The van der Waals surface area contributed by atoms with E-state index in [0.717, 1.165) is 30.0 Å². The molecule has 1 aromatic carbocycles. The smallest absolute Gasteiger partial charge is 0.251 e. The number of carbonyl (C=O) groups excluding carboxylic acids is 1. The SMILES string of the molecule is Cc1cn2c(NCc3c(C)cccc3C)cc(C(=O)NC3CC3)cc2n1. The van der Waals surface area contributed by atoms with E-state index in [4.69, 9.17) is 0 Å². The Kier molecular flexibility index (Phi) is 4.15. The van der Waals surface area contributed by atoms with Gasteiger partial charge < -0.3 is 10.6 Å². The van der Waals surface area contributed by atoms with Crippen LogP contribution in [0.15, 0.2) is 36.5 Å². The third-order valence-electron chi connectivity index (χ3n) is 4.96. The van der Waals surface area contributed by atoms with Crippen molar-refractivity contribution in [3.8, 4) is 0 Å². The molecule has 0 aliphatic heterocycles. The first-order valence-electron chi connectivity index (χ1n) is 9.11. The molecule has 2 heterocycles. The number of benzene rings is 1. The quantitative estimate of drug-likeness (QED) is 0.738. The molecule has 5 heteroatoms. The topological polar surface area (TPSA) is 58.4 Å². The molecular formula is C21H24N4O. The van der Waals surface area contributed by atoms with Gasteiger partial charge in [0.2, 0.25) is 0 Å². The molecule has 134 valence electrons. The zero-order chi connectivity index (χ0) is 18.3. The molecule has 5 nitrogen and oxygen atoms in total. The van der Waals surface area contributed by atoms with E-state index in [1.165, 1.54) is 16.7 Å². The number of hydrogen-bond donors (Lipinski definition) is 2. The van der Waals surface area contributed by atoms with Crippen molar-refractivity contribution in [3.63, 3.8) is 0 Å². The molecule has 0 bridgehead atoms. The van der Waals surface area contributed by atoms with Gasteiger partial charge in [0.1, 0.15) is 11.5 Å². The van der Waals surface area contributed by atoms with Crippen molar-refractivity contribution in [1.29, 1.82) is 0 Å². The number of hydrogen-bond acceptors (Lipinski definition) is 3. The van der Waals surface area contributed by atoms with Gasteiger partial charge in [-0.1, -0.05) is 18.2 Å². The minimum atomic E-state index is -0.0224. The van der Waals surface area contributed by atoms with E-state index in [0.29, 0.717) is 18.2 Å². The maximum absolute atomic E-state index is 12.5. The summed E-state index contributed by atoms with van der Waals surface area (Å²) in [5, 5.41) is 6.56. The molecule has 4 rings (SSSR count). The highest BCUT2D eigenvalue weighted by atomic mass is 16.1. The van der Waals surface area contributed by atoms with Crippen LogP contribution in [0.4, 0.5) is 5.82 Å². The van der Waals surface area contributed by atoms with Crippen LogP contribution in [-0.4, -0.2) is 21.3 Å². The lowest BCUT2D eigenvalue weighted by molar-refractivity contribution is 0.0951. The number of fused-ring (bicyclic) bond motifs is 1. The van der Waals surface area contributed by atoms with Crippen molar-refractivity contribution in [2.75, 3.05) is 5.32 Å². The van der Waals surface area contributed by atoms with Gasteiger partial charge in [-0.05, 0) is 62.4 Å². The zero-order valence-corrected chi connectivity index (χ0v) is 15.5. The van der Waals surface area contributed by atoms with Crippen molar-refractivity contribution in [2.24, 2.45) is 0 Å². The van der Waals surface area contributed by atoms with Gasteiger partial charge in [0.05, 0.1) is 5.69 Å². The normalized spacial score (nSPS) is 13.8. The molecule has 26 heavy (non-hydrogen) atoms. The molecule has 1 aliphatic carbocycles. The molecular weight excluding hydrogens is 324 g/mol. The molecule has 0 saturated heterocycles. The lowest BCUT2D eigenvalue weighted by Crippen LogP contribution is -2.25. The Bertz CT molecular complexity index is 965. The van der Waals surface area contributed by atoms with Crippen molar-refractivity contribution < 1.29 is 4.79 Å². The molecule has 3 aromatic rings. The summed E-state index contributed by atoms with van der Waals surface area (Å²) in [7, 11) is 0. The van der Waals surface area contributed by atoms with Crippen LogP contribution in [0, 0.1) is 20.8 Å². The number of carbonyl (C=O) groups is 1. The first-order valence-corrected chi connectivity index (χ1v) is 9.11. The molecule has 0 atom stereocenters. The first-order chi connectivity index (χ1) is 12.5. The fourth-order valence-corrected chi connectivity index (χ4v) is 3.28. The molecule has 1 aliphatic rings.